The van der Waals surface area contributed by atoms with Gasteiger partial charge in [-0.1, -0.05) is 23.7 Å². The third-order valence-electron chi connectivity index (χ3n) is 4.46. The quantitative estimate of drug-likeness (QED) is 0.238. The Morgan fingerprint density at radius 2 is 1.62 bits per heavy atom. The van der Waals surface area contributed by atoms with Crippen molar-refractivity contribution in [1.29, 1.82) is 0 Å². The molecule has 1 amide bonds. The van der Waals surface area contributed by atoms with E-state index in [0.717, 1.165) is 18.2 Å². The van der Waals surface area contributed by atoms with E-state index in [1.807, 2.05) is 0 Å². The minimum absolute atomic E-state index is 0.0661. The standard InChI is InChI=1S/C21H17ClN4O7S/c1-33-21(28)14-8-6-13(7-9-14)20(27)24-23-18-11-10-15(26(29)30)12-19(18)34(31,32)25-17-5-3-2-4-16(17)22/h2-12,23,25H,1H3,(H,24,27). The van der Waals surface area contributed by atoms with Crippen molar-refractivity contribution >= 4 is 50.6 Å². The lowest BCUT2D eigenvalue weighted by atomic mass is 10.1. The van der Waals surface area contributed by atoms with Gasteiger partial charge in [-0.3, -0.25) is 30.5 Å². The monoisotopic (exact) mass is 504 g/mol. The van der Waals surface area contributed by atoms with E-state index in [-0.39, 0.29) is 27.5 Å². The predicted molar refractivity (Wildman–Crippen MR) is 124 cm³/mol. The van der Waals surface area contributed by atoms with Crippen LogP contribution in [-0.2, 0) is 14.8 Å². The summed E-state index contributed by atoms with van der Waals surface area (Å²) in [5.41, 5.74) is 4.63. The van der Waals surface area contributed by atoms with Crippen molar-refractivity contribution in [3.63, 3.8) is 0 Å². The summed E-state index contributed by atoms with van der Waals surface area (Å²) < 4.78 is 32.9. The topological polar surface area (TPSA) is 157 Å². The summed E-state index contributed by atoms with van der Waals surface area (Å²) in [7, 11) is -3.13. The Labute approximate surface area is 198 Å². The third-order valence-corrected chi connectivity index (χ3v) is 6.20. The van der Waals surface area contributed by atoms with Crippen molar-refractivity contribution in [2.75, 3.05) is 17.3 Å². The van der Waals surface area contributed by atoms with Crippen LogP contribution in [0.2, 0.25) is 5.02 Å². The number of esters is 1. The van der Waals surface area contributed by atoms with Crippen LogP contribution in [0.4, 0.5) is 17.1 Å². The molecule has 0 aliphatic heterocycles. The van der Waals surface area contributed by atoms with Crippen molar-refractivity contribution in [1.82, 2.24) is 5.43 Å². The van der Waals surface area contributed by atoms with Crippen molar-refractivity contribution in [3.05, 3.63) is 93.0 Å². The highest BCUT2D eigenvalue weighted by molar-refractivity contribution is 7.93. The van der Waals surface area contributed by atoms with Gasteiger partial charge >= 0.3 is 5.97 Å². The number of amides is 1. The minimum Gasteiger partial charge on any atom is -0.465 e. The lowest BCUT2D eigenvalue weighted by molar-refractivity contribution is -0.385. The molecule has 0 unspecified atom stereocenters. The number of hydrogen-bond acceptors (Lipinski definition) is 8. The summed E-state index contributed by atoms with van der Waals surface area (Å²) in [6, 6.07) is 14.6. The Kier molecular flexibility index (Phi) is 7.34. The van der Waals surface area contributed by atoms with E-state index in [1.54, 1.807) is 12.1 Å². The number of methoxy groups -OCH3 is 1. The third kappa shape index (κ3) is 5.60. The number of para-hydroxylation sites is 1. The number of carbonyl (C=O) groups is 2. The summed E-state index contributed by atoms with van der Waals surface area (Å²) in [6.45, 7) is 0. The van der Waals surface area contributed by atoms with Crippen LogP contribution in [0, 0.1) is 10.1 Å². The molecule has 3 rings (SSSR count). The van der Waals surface area contributed by atoms with Crippen LogP contribution in [0.3, 0.4) is 0 Å². The van der Waals surface area contributed by atoms with Gasteiger partial charge in [0, 0.05) is 17.7 Å². The average molecular weight is 505 g/mol. The first kappa shape index (κ1) is 24.5. The van der Waals surface area contributed by atoms with Gasteiger partial charge in [0.25, 0.3) is 21.6 Å². The Balaban J connectivity index is 1.87. The largest absolute Gasteiger partial charge is 0.465 e. The lowest BCUT2D eigenvalue weighted by Gasteiger charge is -2.15. The number of ether oxygens (including phenoxy) is 1. The van der Waals surface area contributed by atoms with Gasteiger partial charge < -0.3 is 4.74 Å². The van der Waals surface area contributed by atoms with Gasteiger partial charge in [-0.15, -0.1) is 0 Å². The van der Waals surface area contributed by atoms with Gasteiger partial charge in [0.1, 0.15) is 4.90 Å². The molecule has 3 N–H and O–H groups in total. The van der Waals surface area contributed by atoms with Gasteiger partial charge in [-0.05, 0) is 42.5 Å². The first-order valence-corrected chi connectivity index (χ1v) is 11.3. The Morgan fingerprint density at radius 1 is 0.971 bits per heavy atom. The highest BCUT2D eigenvalue weighted by Gasteiger charge is 2.24. The zero-order valence-electron chi connectivity index (χ0n) is 17.4. The zero-order valence-corrected chi connectivity index (χ0v) is 19.0. The van der Waals surface area contributed by atoms with Gasteiger partial charge in [0.2, 0.25) is 0 Å². The normalized spacial score (nSPS) is 10.8. The molecule has 3 aromatic carbocycles. The predicted octanol–water partition coefficient (Wildman–Crippen LogP) is 3.59. The fraction of sp³-hybridized carbons (Fsp3) is 0.0476. The van der Waals surface area contributed by atoms with E-state index in [0.29, 0.717) is 0 Å². The summed E-state index contributed by atoms with van der Waals surface area (Å²) in [4.78, 5) is 33.9. The van der Waals surface area contributed by atoms with Crippen molar-refractivity contribution < 1.29 is 27.7 Å². The van der Waals surface area contributed by atoms with Crippen molar-refractivity contribution in [2.24, 2.45) is 0 Å². The molecule has 0 fully saturated rings. The fourth-order valence-electron chi connectivity index (χ4n) is 2.77. The summed E-state index contributed by atoms with van der Waals surface area (Å²) in [5, 5.41) is 11.3. The maximum absolute atomic E-state index is 13.0. The van der Waals surface area contributed by atoms with Crippen LogP contribution in [0.5, 0.6) is 0 Å². The number of nitrogens with zero attached hydrogens (tertiary/aromatic N) is 1. The number of halogens is 1. The number of sulfonamides is 1. The Bertz CT molecular complexity index is 1360. The maximum atomic E-state index is 13.0. The highest BCUT2D eigenvalue weighted by Crippen LogP contribution is 2.30. The molecule has 0 atom stereocenters. The number of nitro benzene ring substituents is 1. The fourth-order valence-corrected chi connectivity index (χ4v) is 4.27. The molecule has 0 radical (unpaired) electrons. The number of nitrogens with one attached hydrogen (secondary N) is 3. The molecule has 0 aromatic heterocycles. The van der Waals surface area contributed by atoms with Gasteiger partial charge in [0.15, 0.2) is 0 Å². The molecule has 3 aromatic rings. The molecular formula is C21H17ClN4O7S. The van der Waals surface area contributed by atoms with E-state index in [4.69, 9.17) is 11.6 Å². The Morgan fingerprint density at radius 3 is 2.24 bits per heavy atom. The zero-order chi connectivity index (χ0) is 24.9. The molecule has 0 heterocycles. The summed E-state index contributed by atoms with van der Waals surface area (Å²) in [5.74, 6) is -1.23. The lowest BCUT2D eigenvalue weighted by Crippen LogP contribution is -2.30. The van der Waals surface area contributed by atoms with Gasteiger partial charge in [-0.25, -0.2) is 13.2 Å². The molecule has 11 nitrogen and oxygen atoms in total. The summed E-state index contributed by atoms with van der Waals surface area (Å²) >= 11 is 6.01. The number of anilines is 2. The van der Waals surface area contributed by atoms with Crippen LogP contribution in [0.25, 0.3) is 0 Å². The molecule has 0 saturated heterocycles. The number of hydrogen-bond donors (Lipinski definition) is 3. The first-order valence-electron chi connectivity index (χ1n) is 9.43. The molecule has 34 heavy (non-hydrogen) atoms. The van der Waals surface area contributed by atoms with Crippen molar-refractivity contribution in [2.45, 2.75) is 4.90 Å². The number of non-ortho nitro benzene ring substituents is 1. The van der Waals surface area contributed by atoms with Crippen LogP contribution in [0.15, 0.2) is 71.6 Å². The summed E-state index contributed by atoms with van der Waals surface area (Å²) in [6.07, 6.45) is 0. The molecule has 0 aliphatic rings. The van der Waals surface area contributed by atoms with Crippen LogP contribution >= 0.6 is 11.6 Å². The molecule has 0 bridgehead atoms. The maximum Gasteiger partial charge on any atom is 0.337 e. The molecule has 0 saturated carbocycles. The molecular weight excluding hydrogens is 488 g/mol. The molecule has 176 valence electrons. The number of carbonyl (C=O) groups excluding carboxylic acids is 2. The van der Waals surface area contributed by atoms with E-state index >= 15 is 0 Å². The van der Waals surface area contributed by atoms with E-state index < -0.39 is 37.4 Å². The number of nitro groups is 1. The second kappa shape index (κ2) is 10.2. The average Bonchev–Trinajstić information content (AvgIpc) is 2.83. The van der Waals surface area contributed by atoms with E-state index in [1.165, 1.54) is 43.5 Å². The smallest absolute Gasteiger partial charge is 0.337 e. The first-order chi connectivity index (χ1) is 16.1. The Hall–Kier alpha value is -4.16. The van der Waals surface area contributed by atoms with E-state index in [9.17, 15) is 28.1 Å². The number of hydrazine groups is 1. The van der Waals surface area contributed by atoms with E-state index in [2.05, 4.69) is 20.3 Å². The molecule has 13 heteroatoms. The van der Waals surface area contributed by atoms with Gasteiger partial charge in [-0.2, -0.15) is 0 Å². The van der Waals surface area contributed by atoms with Gasteiger partial charge in [0.05, 0.1) is 34.0 Å². The second-order valence-electron chi connectivity index (χ2n) is 6.67. The van der Waals surface area contributed by atoms with Crippen LogP contribution in [0.1, 0.15) is 20.7 Å². The molecule has 0 aliphatic carbocycles. The SMILES string of the molecule is COC(=O)c1ccc(C(=O)NNc2ccc([N+](=O)[O-])cc2S(=O)(=O)Nc2ccccc2Cl)cc1. The van der Waals surface area contributed by atoms with Crippen LogP contribution in [-0.4, -0.2) is 32.3 Å². The van der Waals surface area contributed by atoms with Crippen LogP contribution < -0.4 is 15.6 Å². The second-order valence-corrected chi connectivity index (χ2v) is 8.73. The number of rotatable bonds is 8. The van der Waals surface area contributed by atoms with Crippen molar-refractivity contribution in [3.8, 4) is 0 Å². The highest BCUT2D eigenvalue weighted by atomic mass is 35.5. The number of benzene rings is 3. The molecule has 0 spiro atoms. The minimum atomic E-state index is -4.36.